The number of nitrogens with zero attached hydrogens (tertiary/aromatic N) is 2. The van der Waals surface area contributed by atoms with E-state index in [0.29, 0.717) is 27.8 Å². The van der Waals surface area contributed by atoms with Gasteiger partial charge in [0.05, 0.1) is 0 Å². The summed E-state index contributed by atoms with van der Waals surface area (Å²) >= 11 is 5.85. The largest absolute Gasteiger partial charge is 0.434 e. The van der Waals surface area contributed by atoms with Crippen molar-refractivity contribution in [1.82, 2.24) is 9.97 Å². The fourth-order valence-electron chi connectivity index (χ4n) is 2.55. The molecule has 0 aliphatic carbocycles. The van der Waals surface area contributed by atoms with Crippen LogP contribution < -0.4 is 5.32 Å². The number of anilines is 1. The van der Waals surface area contributed by atoms with Crippen molar-refractivity contribution in [3.8, 4) is 11.5 Å². The number of hydrogen-bond donors (Lipinski definition) is 1. The summed E-state index contributed by atoms with van der Waals surface area (Å²) in [6.07, 6.45) is 4.86. The Bertz CT molecular complexity index is 1100. The number of fused-ring (bicyclic) bond motifs is 1. The summed E-state index contributed by atoms with van der Waals surface area (Å²) in [5, 5.41) is 3.49. The molecule has 1 amide bonds. The topological polar surface area (TPSA) is 68.0 Å². The molecule has 0 fully saturated rings. The van der Waals surface area contributed by atoms with Crippen molar-refractivity contribution in [1.29, 1.82) is 0 Å². The summed E-state index contributed by atoms with van der Waals surface area (Å²) < 4.78 is 5.72. The Kier molecular flexibility index (Phi) is 4.68. The molecule has 0 bridgehead atoms. The molecule has 6 heteroatoms. The Morgan fingerprint density at radius 1 is 1.07 bits per heavy atom. The van der Waals surface area contributed by atoms with E-state index >= 15 is 0 Å². The van der Waals surface area contributed by atoms with Gasteiger partial charge >= 0.3 is 0 Å². The normalized spacial score (nSPS) is 11.1. The zero-order valence-corrected chi connectivity index (χ0v) is 14.9. The molecule has 0 spiro atoms. The average Bonchev–Trinajstić information content (AvgIpc) is 3.12. The van der Waals surface area contributed by atoms with Gasteiger partial charge in [0.2, 0.25) is 11.8 Å². The van der Waals surface area contributed by atoms with Gasteiger partial charge in [0.15, 0.2) is 11.2 Å². The second-order valence-electron chi connectivity index (χ2n) is 5.80. The van der Waals surface area contributed by atoms with E-state index in [2.05, 4.69) is 15.3 Å². The van der Waals surface area contributed by atoms with Crippen molar-refractivity contribution in [3.05, 3.63) is 83.5 Å². The van der Waals surface area contributed by atoms with E-state index in [1.807, 2.05) is 30.3 Å². The fourth-order valence-corrected chi connectivity index (χ4v) is 2.68. The summed E-state index contributed by atoms with van der Waals surface area (Å²) in [5.74, 6) is 0.220. The number of amides is 1. The summed E-state index contributed by atoms with van der Waals surface area (Å²) in [6, 6.07) is 18.1. The smallest absolute Gasteiger partial charge is 0.248 e. The second-order valence-corrected chi connectivity index (χ2v) is 6.24. The highest BCUT2D eigenvalue weighted by Gasteiger charge is 2.09. The van der Waals surface area contributed by atoms with Crippen LogP contribution in [0.2, 0.25) is 5.02 Å². The van der Waals surface area contributed by atoms with Gasteiger partial charge in [-0.1, -0.05) is 29.8 Å². The predicted molar refractivity (Wildman–Crippen MR) is 106 cm³/mol. The average molecular weight is 376 g/mol. The van der Waals surface area contributed by atoms with Crippen LogP contribution in [0, 0.1) is 0 Å². The highest BCUT2D eigenvalue weighted by atomic mass is 35.5. The fraction of sp³-hybridized carbons (Fsp3) is 0. The molecule has 2 heterocycles. The van der Waals surface area contributed by atoms with E-state index in [-0.39, 0.29) is 5.91 Å². The van der Waals surface area contributed by atoms with Gasteiger partial charge in [-0.2, -0.15) is 4.98 Å². The van der Waals surface area contributed by atoms with Gasteiger partial charge in [0.25, 0.3) is 0 Å². The molecule has 4 aromatic rings. The molecule has 0 aliphatic rings. The number of halogens is 1. The molecule has 2 aromatic carbocycles. The third-order valence-corrected chi connectivity index (χ3v) is 4.09. The molecule has 132 valence electrons. The lowest BCUT2D eigenvalue weighted by Gasteiger charge is -2.03. The monoisotopic (exact) mass is 375 g/mol. The van der Waals surface area contributed by atoms with Crippen LogP contribution in [0.4, 0.5) is 5.69 Å². The molecule has 4 rings (SSSR count). The van der Waals surface area contributed by atoms with Crippen LogP contribution in [0.25, 0.3) is 28.8 Å². The molecule has 0 unspecified atom stereocenters. The predicted octanol–water partition coefficient (Wildman–Crippen LogP) is 5.20. The first-order chi connectivity index (χ1) is 13.2. The van der Waals surface area contributed by atoms with E-state index in [0.717, 1.165) is 11.1 Å². The molecule has 0 aliphatic heterocycles. The van der Waals surface area contributed by atoms with Crippen molar-refractivity contribution in [2.75, 3.05) is 5.32 Å². The molecule has 5 nitrogen and oxygen atoms in total. The summed E-state index contributed by atoms with van der Waals surface area (Å²) in [4.78, 5) is 20.7. The SMILES string of the molecule is O=C(/C=C/c1ccc(Cl)cc1)Nc1cccc(-c2nc3ncccc3o2)c1. The molecule has 0 saturated carbocycles. The van der Waals surface area contributed by atoms with Crippen LogP contribution in [-0.2, 0) is 4.79 Å². The van der Waals surface area contributed by atoms with Gasteiger partial charge in [-0.25, -0.2) is 4.98 Å². The Morgan fingerprint density at radius 3 is 2.74 bits per heavy atom. The minimum absolute atomic E-state index is 0.235. The maximum Gasteiger partial charge on any atom is 0.248 e. The van der Waals surface area contributed by atoms with Crippen LogP contribution in [0.5, 0.6) is 0 Å². The minimum Gasteiger partial charge on any atom is -0.434 e. The number of pyridine rings is 1. The van der Waals surface area contributed by atoms with Crippen molar-refractivity contribution in [2.45, 2.75) is 0 Å². The molecule has 27 heavy (non-hydrogen) atoms. The van der Waals surface area contributed by atoms with Crippen LogP contribution in [0.1, 0.15) is 5.56 Å². The zero-order chi connectivity index (χ0) is 18.6. The van der Waals surface area contributed by atoms with E-state index in [1.165, 1.54) is 6.08 Å². The van der Waals surface area contributed by atoms with E-state index in [1.54, 1.807) is 42.6 Å². The minimum atomic E-state index is -0.235. The quantitative estimate of drug-likeness (QED) is 0.498. The van der Waals surface area contributed by atoms with Gasteiger partial charge in [-0.15, -0.1) is 0 Å². The highest BCUT2D eigenvalue weighted by Crippen LogP contribution is 2.25. The molecular formula is C21H14ClN3O2. The van der Waals surface area contributed by atoms with E-state index in [9.17, 15) is 4.79 Å². The maximum absolute atomic E-state index is 12.2. The number of nitrogens with one attached hydrogen (secondary N) is 1. The van der Waals surface area contributed by atoms with Crippen molar-refractivity contribution in [2.24, 2.45) is 0 Å². The number of carbonyl (C=O) groups excluding carboxylic acids is 1. The maximum atomic E-state index is 12.2. The van der Waals surface area contributed by atoms with E-state index in [4.69, 9.17) is 16.0 Å². The molecule has 0 saturated heterocycles. The molecule has 0 atom stereocenters. The molecule has 1 N–H and O–H groups in total. The number of carbonyl (C=O) groups is 1. The molecule has 2 aromatic heterocycles. The summed E-state index contributed by atoms with van der Waals surface area (Å²) in [5.41, 5.74) is 3.46. The summed E-state index contributed by atoms with van der Waals surface area (Å²) in [6.45, 7) is 0. The van der Waals surface area contributed by atoms with Crippen molar-refractivity contribution >= 4 is 40.5 Å². The first kappa shape index (κ1) is 17.0. The number of oxazole rings is 1. The zero-order valence-electron chi connectivity index (χ0n) is 14.1. The number of aromatic nitrogens is 2. The number of rotatable bonds is 4. The second kappa shape index (κ2) is 7.43. The van der Waals surface area contributed by atoms with Gasteiger partial charge in [-0.3, -0.25) is 4.79 Å². The van der Waals surface area contributed by atoms with Gasteiger partial charge in [0.1, 0.15) is 0 Å². The Balaban J connectivity index is 1.50. The van der Waals surface area contributed by atoms with E-state index < -0.39 is 0 Å². The molecular weight excluding hydrogens is 362 g/mol. The standard InChI is InChI=1S/C21H14ClN3O2/c22-16-9-6-14(7-10-16)8-11-19(26)24-17-4-1-3-15(13-17)21-25-20-18(27-21)5-2-12-23-20/h1-13H,(H,24,26)/b11-8+. The Labute approximate surface area is 160 Å². The van der Waals surface area contributed by atoms with Crippen molar-refractivity contribution in [3.63, 3.8) is 0 Å². The Morgan fingerprint density at radius 2 is 1.93 bits per heavy atom. The lowest BCUT2D eigenvalue weighted by molar-refractivity contribution is -0.111. The third-order valence-electron chi connectivity index (χ3n) is 3.84. The van der Waals surface area contributed by atoms with Gasteiger partial charge < -0.3 is 9.73 Å². The van der Waals surface area contributed by atoms with Crippen LogP contribution in [-0.4, -0.2) is 15.9 Å². The molecule has 0 radical (unpaired) electrons. The lowest BCUT2D eigenvalue weighted by atomic mass is 10.2. The first-order valence-electron chi connectivity index (χ1n) is 8.24. The van der Waals surface area contributed by atoms with Crippen molar-refractivity contribution < 1.29 is 9.21 Å². The van der Waals surface area contributed by atoms with Crippen LogP contribution in [0.3, 0.4) is 0 Å². The first-order valence-corrected chi connectivity index (χ1v) is 8.62. The highest BCUT2D eigenvalue weighted by molar-refractivity contribution is 6.30. The van der Waals surface area contributed by atoms with Crippen LogP contribution >= 0.6 is 11.6 Å². The van der Waals surface area contributed by atoms with Gasteiger partial charge in [-0.05, 0) is 54.1 Å². The van der Waals surface area contributed by atoms with Gasteiger partial charge in [0, 0.05) is 28.5 Å². The third kappa shape index (κ3) is 4.04. The van der Waals surface area contributed by atoms with Crippen LogP contribution in [0.15, 0.2) is 77.4 Å². The Hall–Kier alpha value is -3.44. The number of hydrogen-bond acceptors (Lipinski definition) is 4. The summed E-state index contributed by atoms with van der Waals surface area (Å²) in [7, 11) is 0. The lowest BCUT2D eigenvalue weighted by Crippen LogP contribution is -2.07. The number of benzene rings is 2.